The number of aryl methyl sites for hydroxylation is 2. The Hall–Kier alpha value is -1.35. The van der Waals surface area contributed by atoms with Gasteiger partial charge in [0, 0.05) is 18.6 Å². The van der Waals surface area contributed by atoms with Crippen LogP contribution in [-0.2, 0) is 11.3 Å². The van der Waals surface area contributed by atoms with E-state index in [2.05, 4.69) is 57.7 Å². The summed E-state index contributed by atoms with van der Waals surface area (Å²) < 4.78 is 0. The van der Waals surface area contributed by atoms with E-state index in [0.717, 1.165) is 6.54 Å². The van der Waals surface area contributed by atoms with Gasteiger partial charge in [0.15, 0.2) is 0 Å². The first-order chi connectivity index (χ1) is 8.70. The summed E-state index contributed by atoms with van der Waals surface area (Å²) in [5, 5.41) is 8.85. The van der Waals surface area contributed by atoms with Crippen molar-refractivity contribution in [2.75, 3.05) is 6.54 Å². The molecule has 19 heavy (non-hydrogen) atoms. The molecule has 0 fully saturated rings. The lowest BCUT2D eigenvalue weighted by Crippen LogP contribution is -2.42. The molecule has 0 heterocycles. The molecule has 0 bridgehead atoms. The first-order valence-electron chi connectivity index (χ1n) is 6.73. The van der Waals surface area contributed by atoms with E-state index in [0.29, 0.717) is 6.54 Å². The molecule has 1 N–H and O–H groups in total. The topological polar surface area (TPSA) is 40.5 Å². The number of carboxylic acids is 1. The van der Waals surface area contributed by atoms with Gasteiger partial charge in [0.25, 0.3) is 0 Å². The molecule has 3 nitrogen and oxygen atoms in total. The molecule has 0 saturated carbocycles. The molecule has 0 amide bonds. The Bertz CT molecular complexity index is 447. The minimum absolute atomic E-state index is 0.0335. The van der Waals surface area contributed by atoms with Crippen LogP contribution < -0.4 is 0 Å². The third kappa shape index (κ3) is 5.03. The Morgan fingerprint density at radius 1 is 1.21 bits per heavy atom. The van der Waals surface area contributed by atoms with E-state index in [1.807, 2.05) is 0 Å². The van der Waals surface area contributed by atoms with Crippen molar-refractivity contribution in [3.63, 3.8) is 0 Å². The van der Waals surface area contributed by atoms with E-state index < -0.39 is 5.97 Å². The Labute approximate surface area is 116 Å². The van der Waals surface area contributed by atoms with Crippen molar-refractivity contribution in [2.24, 2.45) is 0 Å². The molecule has 0 atom stereocenters. The Kier molecular flexibility index (Phi) is 5.12. The molecule has 0 aliphatic heterocycles. The molecular formula is C16H25NO2. The van der Waals surface area contributed by atoms with E-state index in [1.54, 1.807) is 0 Å². The molecule has 1 aromatic carbocycles. The summed E-state index contributed by atoms with van der Waals surface area (Å²) in [6, 6.07) is 6.44. The van der Waals surface area contributed by atoms with Gasteiger partial charge in [-0.05, 0) is 51.3 Å². The van der Waals surface area contributed by atoms with E-state index in [4.69, 9.17) is 5.11 Å². The maximum Gasteiger partial charge on any atom is 0.304 e. The van der Waals surface area contributed by atoms with E-state index in [-0.39, 0.29) is 12.0 Å². The fourth-order valence-corrected chi connectivity index (χ4v) is 2.00. The standard InChI is InChI=1S/C16H25NO2/c1-12-6-7-14(10-13(12)2)11-17(16(3,4)5)9-8-15(18)19/h6-7,10H,8-9,11H2,1-5H3,(H,18,19). The lowest BCUT2D eigenvalue weighted by atomic mass is 10.0. The van der Waals surface area contributed by atoms with Crippen molar-refractivity contribution >= 4 is 5.97 Å². The first-order valence-corrected chi connectivity index (χ1v) is 6.73. The number of rotatable bonds is 5. The molecule has 0 spiro atoms. The van der Waals surface area contributed by atoms with Crippen LogP contribution in [0.2, 0.25) is 0 Å². The molecule has 0 aliphatic carbocycles. The van der Waals surface area contributed by atoms with Gasteiger partial charge in [0.05, 0.1) is 6.42 Å². The van der Waals surface area contributed by atoms with Gasteiger partial charge in [0.1, 0.15) is 0 Å². The number of carboxylic acid groups (broad SMARTS) is 1. The molecule has 0 aliphatic rings. The van der Waals surface area contributed by atoms with Crippen LogP contribution in [-0.4, -0.2) is 28.1 Å². The quantitative estimate of drug-likeness (QED) is 0.885. The largest absolute Gasteiger partial charge is 0.481 e. The summed E-state index contributed by atoms with van der Waals surface area (Å²) in [7, 11) is 0. The highest BCUT2D eigenvalue weighted by molar-refractivity contribution is 5.66. The van der Waals surface area contributed by atoms with E-state index in [1.165, 1.54) is 16.7 Å². The van der Waals surface area contributed by atoms with Gasteiger partial charge in [-0.2, -0.15) is 0 Å². The molecule has 0 radical (unpaired) electrons. The van der Waals surface area contributed by atoms with Crippen LogP contribution in [0.1, 0.15) is 43.9 Å². The number of hydrogen-bond donors (Lipinski definition) is 1. The summed E-state index contributed by atoms with van der Waals surface area (Å²) in [5.41, 5.74) is 3.78. The van der Waals surface area contributed by atoms with Crippen LogP contribution in [0, 0.1) is 13.8 Å². The minimum Gasteiger partial charge on any atom is -0.481 e. The minimum atomic E-state index is -0.741. The van der Waals surface area contributed by atoms with Gasteiger partial charge in [0.2, 0.25) is 0 Å². The normalized spacial score (nSPS) is 11.9. The van der Waals surface area contributed by atoms with Crippen LogP contribution in [0.15, 0.2) is 18.2 Å². The molecule has 1 rings (SSSR count). The highest BCUT2D eigenvalue weighted by Crippen LogP contribution is 2.19. The molecular weight excluding hydrogens is 238 g/mol. The van der Waals surface area contributed by atoms with Crippen LogP contribution in [0.4, 0.5) is 0 Å². The molecule has 0 unspecified atom stereocenters. The number of hydrogen-bond acceptors (Lipinski definition) is 2. The zero-order chi connectivity index (χ0) is 14.6. The van der Waals surface area contributed by atoms with Crippen molar-refractivity contribution in [3.8, 4) is 0 Å². The van der Waals surface area contributed by atoms with Crippen LogP contribution in [0.25, 0.3) is 0 Å². The SMILES string of the molecule is Cc1ccc(CN(CCC(=O)O)C(C)(C)C)cc1C. The average Bonchev–Trinajstić information content (AvgIpc) is 2.27. The predicted octanol–water partition coefficient (Wildman–Crippen LogP) is 3.38. The number of nitrogens with zero attached hydrogens (tertiary/aromatic N) is 1. The Morgan fingerprint density at radius 3 is 2.32 bits per heavy atom. The highest BCUT2D eigenvalue weighted by Gasteiger charge is 2.22. The van der Waals surface area contributed by atoms with Crippen LogP contribution in [0.3, 0.4) is 0 Å². The third-order valence-electron chi connectivity index (χ3n) is 3.49. The van der Waals surface area contributed by atoms with Crippen LogP contribution in [0.5, 0.6) is 0 Å². The number of aliphatic carboxylic acids is 1. The van der Waals surface area contributed by atoms with Crippen molar-refractivity contribution in [1.29, 1.82) is 0 Å². The molecule has 3 heteroatoms. The van der Waals surface area contributed by atoms with E-state index >= 15 is 0 Å². The van der Waals surface area contributed by atoms with Gasteiger partial charge in [-0.15, -0.1) is 0 Å². The number of benzene rings is 1. The van der Waals surface area contributed by atoms with Crippen molar-refractivity contribution < 1.29 is 9.90 Å². The average molecular weight is 263 g/mol. The Balaban J connectivity index is 2.81. The lowest BCUT2D eigenvalue weighted by molar-refractivity contribution is -0.137. The van der Waals surface area contributed by atoms with E-state index in [9.17, 15) is 4.79 Å². The summed E-state index contributed by atoms with van der Waals surface area (Å²) in [6.45, 7) is 11.9. The zero-order valence-corrected chi connectivity index (χ0v) is 12.7. The summed E-state index contributed by atoms with van der Waals surface area (Å²) >= 11 is 0. The Morgan fingerprint density at radius 2 is 1.84 bits per heavy atom. The van der Waals surface area contributed by atoms with Gasteiger partial charge < -0.3 is 5.11 Å². The second-order valence-corrected chi connectivity index (χ2v) is 6.15. The van der Waals surface area contributed by atoms with Crippen molar-refractivity contribution in [3.05, 3.63) is 34.9 Å². The highest BCUT2D eigenvalue weighted by atomic mass is 16.4. The third-order valence-corrected chi connectivity index (χ3v) is 3.49. The van der Waals surface area contributed by atoms with Gasteiger partial charge in [-0.1, -0.05) is 18.2 Å². The van der Waals surface area contributed by atoms with Gasteiger partial charge >= 0.3 is 5.97 Å². The fourth-order valence-electron chi connectivity index (χ4n) is 2.00. The maximum absolute atomic E-state index is 10.8. The summed E-state index contributed by atoms with van der Waals surface area (Å²) in [5.74, 6) is -0.741. The molecule has 106 valence electrons. The smallest absolute Gasteiger partial charge is 0.304 e. The molecule has 0 saturated heterocycles. The van der Waals surface area contributed by atoms with Crippen molar-refractivity contribution in [1.82, 2.24) is 4.90 Å². The first kappa shape index (κ1) is 15.7. The summed E-state index contributed by atoms with van der Waals surface area (Å²) in [4.78, 5) is 13.0. The summed E-state index contributed by atoms with van der Waals surface area (Å²) in [6.07, 6.45) is 0.183. The second kappa shape index (κ2) is 6.20. The number of carbonyl (C=O) groups is 1. The van der Waals surface area contributed by atoms with Crippen LogP contribution >= 0.6 is 0 Å². The second-order valence-electron chi connectivity index (χ2n) is 6.15. The maximum atomic E-state index is 10.8. The lowest BCUT2D eigenvalue weighted by Gasteiger charge is -2.35. The molecule has 0 aromatic heterocycles. The monoisotopic (exact) mass is 263 g/mol. The zero-order valence-electron chi connectivity index (χ0n) is 12.7. The molecule has 1 aromatic rings. The fraction of sp³-hybridized carbons (Fsp3) is 0.562. The van der Waals surface area contributed by atoms with Gasteiger partial charge in [-0.3, -0.25) is 9.69 Å². The van der Waals surface area contributed by atoms with Gasteiger partial charge in [-0.25, -0.2) is 0 Å². The van der Waals surface area contributed by atoms with Crippen molar-refractivity contribution in [2.45, 2.75) is 53.1 Å². The predicted molar refractivity (Wildman–Crippen MR) is 78.3 cm³/mol.